The lowest BCUT2D eigenvalue weighted by molar-refractivity contribution is -0.136. The summed E-state index contributed by atoms with van der Waals surface area (Å²) in [6.45, 7) is 10.4. The van der Waals surface area contributed by atoms with E-state index >= 15 is 0 Å². The maximum Gasteiger partial charge on any atom is 0.287 e. The highest BCUT2D eigenvalue weighted by Crippen LogP contribution is 2.23. The van der Waals surface area contributed by atoms with Crippen LogP contribution in [0.2, 0.25) is 0 Å². The molecule has 7 nitrogen and oxygen atoms in total. The number of para-hydroxylation sites is 2. The topological polar surface area (TPSA) is 80.4 Å². The number of fused-ring (bicyclic) bond motifs is 1. The third kappa shape index (κ3) is 4.81. The van der Waals surface area contributed by atoms with Crippen LogP contribution < -0.4 is 5.32 Å². The van der Waals surface area contributed by atoms with E-state index in [0.29, 0.717) is 5.82 Å². The molecular formula is C24H32N4O3. The van der Waals surface area contributed by atoms with E-state index in [1.807, 2.05) is 40.7 Å². The molecular weight excluding hydrogens is 392 g/mol. The fraction of sp³-hybridized carbons (Fsp3) is 0.458. The number of aromatic nitrogens is 2. The van der Waals surface area contributed by atoms with Crippen molar-refractivity contribution in [3.05, 3.63) is 54.2 Å². The SMILES string of the molecule is CCC(C)N(C(=O)Cn1c(C(C)NC(=O)c2ccco2)nc2ccccc21)C(C)CC. The molecule has 7 heteroatoms. The van der Waals surface area contributed by atoms with Gasteiger partial charge in [-0.3, -0.25) is 9.59 Å². The first-order valence-corrected chi connectivity index (χ1v) is 11.0. The summed E-state index contributed by atoms with van der Waals surface area (Å²) in [7, 11) is 0. The fourth-order valence-corrected chi connectivity index (χ4v) is 3.87. The number of nitrogens with one attached hydrogen (secondary N) is 1. The van der Waals surface area contributed by atoms with Gasteiger partial charge in [-0.2, -0.15) is 0 Å². The second kappa shape index (κ2) is 9.81. The molecule has 3 atom stereocenters. The molecule has 0 saturated heterocycles. The van der Waals surface area contributed by atoms with Gasteiger partial charge in [0.1, 0.15) is 12.4 Å². The quantitative estimate of drug-likeness (QED) is 0.547. The van der Waals surface area contributed by atoms with Crippen LogP contribution >= 0.6 is 0 Å². The molecule has 0 aliphatic rings. The van der Waals surface area contributed by atoms with E-state index in [-0.39, 0.29) is 36.2 Å². The first-order valence-electron chi connectivity index (χ1n) is 11.0. The van der Waals surface area contributed by atoms with Crippen LogP contribution in [0, 0.1) is 0 Å². The minimum absolute atomic E-state index is 0.0534. The van der Waals surface area contributed by atoms with E-state index < -0.39 is 6.04 Å². The van der Waals surface area contributed by atoms with Gasteiger partial charge < -0.3 is 19.2 Å². The van der Waals surface area contributed by atoms with Crippen molar-refractivity contribution in [2.24, 2.45) is 0 Å². The van der Waals surface area contributed by atoms with Crippen molar-refractivity contribution < 1.29 is 14.0 Å². The number of carbonyl (C=O) groups is 2. The van der Waals surface area contributed by atoms with Crippen molar-refractivity contribution in [3.8, 4) is 0 Å². The van der Waals surface area contributed by atoms with Crippen LogP contribution in [0.4, 0.5) is 0 Å². The Bertz CT molecular complexity index is 1010. The number of benzene rings is 1. The Morgan fingerprint density at radius 3 is 2.35 bits per heavy atom. The van der Waals surface area contributed by atoms with Gasteiger partial charge >= 0.3 is 0 Å². The predicted molar refractivity (Wildman–Crippen MR) is 121 cm³/mol. The molecule has 0 radical (unpaired) electrons. The summed E-state index contributed by atoms with van der Waals surface area (Å²) in [6, 6.07) is 10.9. The van der Waals surface area contributed by atoms with Crippen molar-refractivity contribution in [2.45, 2.75) is 72.1 Å². The molecule has 166 valence electrons. The Labute approximate surface area is 183 Å². The molecule has 3 aromatic rings. The van der Waals surface area contributed by atoms with Gasteiger partial charge in [0.2, 0.25) is 5.91 Å². The zero-order chi connectivity index (χ0) is 22.5. The van der Waals surface area contributed by atoms with Gasteiger partial charge in [0.05, 0.1) is 23.3 Å². The van der Waals surface area contributed by atoms with Crippen molar-refractivity contribution in [2.75, 3.05) is 0 Å². The third-order valence-corrected chi connectivity index (χ3v) is 5.88. The molecule has 3 rings (SSSR count). The van der Waals surface area contributed by atoms with E-state index in [0.717, 1.165) is 23.9 Å². The van der Waals surface area contributed by atoms with Crippen LogP contribution in [0.1, 0.15) is 69.9 Å². The summed E-state index contributed by atoms with van der Waals surface area (Å²) in [5, 5.41) is 2.93. The van der Waals surface area contributed by atoms with Gasteiger partial charge in [-0.05, 0) is 57.9 Å². The molecule has 2 amide bonds. The van der Waals surface area contributed by atoms with E-state index in [4.69, 9.17) is 9.40 Å². The minimum Gasteiger partial charge on any atom is -0.459 e. The lowest BCUT2D eigenvalue weighted by Gasteiger charge is -2.34. The van der Waals surface area contributed by atoms with Crippen LogP contribution in [0.3, 0.4) is 0 Å². The molecule has 2 aromatic heterocycles. The second-order valence-electron chi connectivity index (χ2n) is 8.03. The number of amides is 2. The first kappa shape index (κ1) is 22.6. The van der Waals surface area contributed by atoms with Crippen molar-refractivity contribution >= 4 is 22.8 Å². The standard InChI is InChI=1S/C24H32N4O3/c1-6-16(3)28(17(4)7-2)22(29)15-27-20-12-9-8-11-19(20)26-23(27)18(5)25-24(30)21-13-10-14-31-21/h8-14,16-18H,6-7,15H2,1-5H3,(H,25,30). The Kier molecular flexibility index (Phi) is 7.15. The number of hydrogen-bond acceptors (Lipinski definition) is 4. The van der Waals surface area contributed by atoms with Crippen LogP contribution in [-0.2, 0) is 11.3 Å². The number of carbonyl (C=O) groups excluding carboxylic acids is 2. The largest absolute Gasteiger partial charge is 0.459 e. The summed E-state index contributed by atoms with van der Waals surface area (Å²) < 4.78 is 7.11. The van der Waals surface area contributed by atoms with Crippen LogP contribution in [0.15, 0.2) is 47.1 Å². The number of imidazole rings is 1. The lowest BCUT2D eigenvalue weighted by atomic mass is 10.1. The van der Waals surface area contributed by atoms with E-state index in [1.165, 1.54) is 6.26 Å². The molecule has 1 N–H and O–H groups in total. The number of furan rings is 1. The fourth-order valence-electron chi connectivity index (χ4n) is 3.87. The summed E-state index contributed by atoms with van der Waals surface area (Å²) in [5.41, 5.74) is 1.67. The van der Waals surface area contributed by atoms with E-state index in [1.54, 1.807) is 12.1 Å². The van der Waals surface area contributed by atoms with Crippen molar-refractivity contribution in [1.29, 1.82) is 0 Å². The van der Waals surface area contributed by atoms with Gasteiger partial charge in [0, 0.05) is 12.1 Å². The molecule has 0 bridgehead atoms. The highest BCUT2D eigenvalue weighted by Gasteiger charge is 2.27. The average molecular weight is 425 g/mol. The molecule has 31 heavy (non-hydrogen) atoms. The normalized spacial score (nSPS) is 14.2. The smallest absolute Gasteiger partial charge is 0.287 e. The molecule has 0 saturated carbocycles. The zero-order valence-electron chi connectivity index (χ0n) is 19.0. The molecule has 2 heterocycles. The van der Waals surface area contributed by atoms with Gasteiger partial charge in [-0.25, -0.2) is 4.98 Å². The summed E-state index contributed by atoms with van der Waals surface area (Å²) >= 11 is 0. The number of rotatable bonds is 9. The molecule has 0 aliphatic heterocycles. The Morgan fingerprint density at radius 2 is 1.74 bits per heavy atom. The highest BCUT2D eigenvalue weighted by molar-refractivity contribution is 5.91. The monoisotopic (exact) mass is 424 g/mol. The van der Waals surface area contributed by atoms with Crippen LogP contribution in [0.5, 0.6) is 0 Å². The average Bonchev–Trinajstić information content (AvgIpc) is 3.42. The zero-order valence-corrected chi connectivity index (χ0v) is 19.0. The molecule has 3 unspecified atom stereocenters. The molecule has 0 fully saturated rings. The first-order chi connectivity index (χ1) is 14.9. The summed E-state index contributed by atoms with van der Waals surface area (Å²) in [5.74, 6) is 0.619. The number of nitrogens with zero attached hydrogens (tertiary/aromatic N) is 3. The summed E-state index contributed by atoms with van der Waals surface area (Å²) in [6.07, 6.45) is 3.25. The van der Waals surface area contributed by atoms with Crippen molar-refractivity contribution in [3.63, 3.8) is 0 Å². The second-order valence-corrected chi connectivity index (χ2v) is 8.03. The Morgan fingerprint density at radius 1 is 1.06 bits per heavy atom. The maximum absolute atomic E-state index is 13.4. The van der Waals surface area contributed by atoms with E-state index in [9.17, 15) is 9.59 Å². The van der Waals surface area contributed by atoms with Gasteiger partial charge in [-0.1, -0.05) is 26.0 Å². The van der Waals surface area contributed by atoms with Crippen molar-refractivity contribution in [1.82, 2.24) is 19.8 Å². The number of hydrogen-bond donors (Lipinski definition) is 1. The van der Waals surface area contributed by atoms with Crippen LogP contribution in [0.25, 0.3) is 11.0 Å². The van der Waals surface area contributed by atoms with Gasteiger partial charge in [0.15, 0.2) is 5.76 Å². The summed E-state index contributed by atoms with van der Waals surface area (Å²) in [4.78, 5) is 32.6. The van der Waals surface area contributed by atoms with Gasteiger partial charge in [-0.15, -0.1) is 0 Å². The minimum atomic E-state index is -0.404. The molecule has 1 aromatic carbocycles. The highest BCUT2D eigenvalue weighted by atomic mass is 16.3. The predicted octanol–water partition coefficient (Wildman–Crippen LogP) is 4.55. The Hall–Kier alpha value is -3.09. The Balaban J connectivity index is 1.93. The van der Waals surface area contributed by atoms with Crippen LogP contribution in [-0.4, -0.2) is 38.3 Å². The molecule has 0 aliphatic carbocycles. The third-order valence-electron chi connectivity index (χ3n) is 5.88. The lowest BCUT2D eigenvalue weighted by Crippen LogP contribution is -2.46. The van der Waals surface area contributed by atoms with Gasteiger partial charge in [0.25, 0.3) is 5.91 Å². The molecule has 0 spiro atoms. The van der Waals surface area contributed by atoms with E-state index in [2.05, 4.69) is 33.0 Å². The maximum atomic E-state index is 13.4.